The van der Waals surface area contributed by atoms with Crippen LogP contribution < -0.4 is 4.90 Å². The molecule has 3 nitrogen and oxygen atoms in total. The third kappa shape index (κ3) is 5.31. The van der Waals surface area contributed by atoms with Crippen molar-refractivity contribution in [2.75, 3.05) is 26.2 Å². The van der Waals surface area contributed by atoms with Crippen LogP contribution in [0.2, 0.25) is 0 Å². The van der Waals surface area contributed by atoms with Gasteiger partial charge in [0, 0.05) is 0 Å². The minimum absolute atomic E-state index is 0.341. The van der Waals surface area contributed by atoms with Gasteiger partial charge in [-0.25, -0.2) is 0 Å². The normalized spacial score (nSPS) is 25.2. The predicted molar refractivity (Wildman–Crippen MR) is 76.1 cm³/mol. The number of nitrogens with one attached hydrogen (secondary N) is 1. The van der Waals surface area contributed by atoms with Crippen LogP contribution in [0.3, 0.4) is 0 Å². The van der Waals surface area contributed by atoms with E-state index in [1.807, 2.05) is 30.3 Å². The molecular formula is C16H26NO2+. The summed E-state index contributed by atoms with van der Waals surface area (Å²) >= 11 is 0. The van der Waals surface area contributed by atoms with E-state index in [9.17, 15) is 5.11 Å². The number of likely N-dealkylation sites (tertiary alicyclic amines) is 1. The number of aliphatic hydroxyl groups excluding tert-OH is 1. The van der Waals surface area contributed by atoms with Crippen LogP contribution in [0.25, 0.3) is 0 Å². The van der Waals surface area contributed by atoms with Gasteiger partial charge in [-0.1, -0.05) is 37.3 Å². The molecule has 0 amide bonds. The summed E-state index contributed by atoms with van der Waals surface area (Å²) in [4.78, 5) is 1.52. The molecule has 0 spiro atoms. The number of ether oxygens (including phenoxy) is 1. The highest BCUT2D eigenvalue weighted by Gasteiger charge is 2.21. The molecule has 1 aromatic rings. The summed E-state index contributed by atoms with van der Waals surface area (Å²) in [5, 5.41) is 10.00. The molecule has 19 heavy (non-hydrogen) atoms. The van der Waals surface area contributed by atoms with Crippen molar-refractivity contribution in [3.63, 3.8) is 0 Å². The van der Waals surface area contributed by atoms with E-state index < -0.39 is 0 Å². The molecule has 0 aromatic heterocycles. The number of hydrogen-bond acceptors (Lipinski definition) is 2. The van der Waals surface area contributed by atoms with E-state index in [1.54, 1.807) is 0 Å². The minimum atomic E-state index is -0.341. The maximum absolute atomic E-state index is 10.00. The van der Waals surface area contributed by atoms with E-state index in [0.717, 1.165) is 18.0 Å². The van der Waals surface area contributed by atoms with Gasteiger partial charge in [0.15, 0.2) is 0 Å². The summed E-state index contributed by atoms with van der Waals surface area (Å²) < 4.78 is 5.58. The largest absolute Gasteiger partial charge is 0.385 e. The first kappa shape index (κ1) is 14.5. The Morgan fingerprint density at radius 3 is 2.63 bits per heavy atom. The van der Waals surface area contributed by atoms with Gasteiger partial charge in [0.05, 0.1) is 26.3 Å². The van der Waals surface area contributed by atoms with Crippen molar-refractivity contribution in [2.24, 2.45) is 5.92 Å². The maximum Gasteiger partial charge on any atom is 0.126 e. The second kappa shape index (κ2) is 7.63. The Labute approximate surface area is 116 Å². The number of quaternary nitrogens is 1. The standard InChI is InChI=1S/C16H25NO2/c1-14-7-9-17(10-8-14)11-16(18)13-19-12-15-5-3-2-4-6-15/h2-6,14,16,18H,7-13H2,1H3/p+1/t16-/m1/s1. The molecule has 0 saturated carbocycles. The number of piperidine rings is 1. The quantitative estimate of drug-likeness (QED) is 0.800. The fourth-order valence-electron chi connectivity index (χ4n) is 2.65. The van der Waals surface area contributed by atoms with Crippen molar-refractivity contribution in [2.45, 2.75) is 32.5 Å². The summed E-state index contributed by atoms with van der Waals surface area (Å²) in [7, 11) is 0. The zero-order valence-electron chi connectivity index (χ0n) is 11.8. The van der Waals surface area contributed by atoms with Gasteiger partial charge >= 0.3 is 0 Å². The highest BCUT2D eigenvalue weighted by atomic mass is 16.5. The molecule has 106 valence electrons. The second-order valence-electron chi connectivity index (χ2n) is 5.79. The van der Waals surface area contributed by atoms with Gasteiger partial charge in [0.25, 0.3) is 0 Å². The van der Waals surface area contributed by atoms with Crippen molar-refractivity contribution in [1.82, 2.24) is 0 Å². The first-order valence-electron chi connectivity index (χ1n) is 7.37. The average molecular weight is 264 g/mol. The molecule has 1 heterocycles. The third-order valence-electron chi connectivity index (χ3n) is 3.93. The molecule has 1 aliphatic rings. The van der Waals surface area contributed by atoms with Gasteiger partial charge in [0.1, 0.15) is 12.6 Å². The molecule has 1 aliphatic heterocycles. The lowest BCUT2D eigenvalue weighted by molar-refractivity contribution is -0.909. The van der Waals surface area contributed by atoms with Gasteiger partial charge in [0.2, 0.25) is 0 Å². The van der Waals surface area contributed by atoms with E-state index in [2.05, 4.69) is 6.92 Å². The van der Waals surface area contributed by atoms with Crippen LogP contribution in [0.4, 0.5) is 0 Å². The summed E-state index contributed by atoms with van der Waals surface area (Å²) in [5.74, 6) is 0.857. The molecule has 1 atom stereocenters. The van der Waals surface area contributed by atoms with Crippen LogP contribution >= 0.6 is 0 Å². The van der Waals surface area contributed by atoms with Crippen molar-refractivity contribution in [3.05, 3.63) is 35.9 Å². The zero-order chi connectivity index (χ0) is 13.5. The van der Waals surface area contributed by atoms with Gasteiger partial charge in [-0.15, -0.1) is 0 Å². The number of aliphatic hydroxyl groups is 1. The van der Waals surface area contributed by atoms with Crippen LogP contribution in [0.1, 0.15) is 25.3 Å². The van der Waals surface area contributed by atoms with Crippen LogP contribution in [0.5, 0.6) is 0 Å². The maximum atomic E-state index is 10.00. The highest BCUT2D eigenvalue weighted by molar-refractivity contribution is 5.13. The molecule has 1 saturated heterocycles. The van der Waals surface area contributed by atoms with Crippen LogP contribution in [-0.2, 0) is 11.3 Å². The van der Waals surface area contributed by atoms with Crippen LogP contribution in [0.15, 0.2) is 30.3 Å². The molecule has 0 unspecified atom stereocenters. The smallest absolute Gasteiger partial charge is 0.126 e. The Hall–Kier alpha value is -0.900. The Morgan fingerprint density at radius 1 is 1.26 bits per heavy atom. The SMILES string of the molecule is CC1CC[NH+](C[C@@H](O)COCc2ccccc2)CC1. The number of hydrogen-bond donors (Lipinski definition) is 2. The van der Waals surface area contributed by atoms with E-state index >= 15 is 0 Å². The molecule has 3 heteroatoms. The molecule has 2 N–H and O–H groups in total. The molecular weight excluding hydrogens is 238 g/mol. The molecule has 2 rings (SSSR count). The zero-order valence-corrected chi connectivity index (χ0v) is 11.8. The monoisotopic (exact) mass is 264 g/mol. The van der Waals surface area contributed by atoms with E-state index in [0.29, 0.717) is 13.2 Å². The summed E-state index contributed by atoms with van der Waals surface area (Å²) in [6.45, 7) is 6.55. The molecule has 1 aromatic carbocycles. The lowest BCUT2D eigenvalue weighted by atomic mass is 9.99. The third-order valence-corrected chi connectivity index (χ3v) is 3.93. The van der Waals surface area contributed by atoms with E-state index in [1.165, 1.54) is 30.8 Å². The van der Waals surface area contributed by atoms with Gasteiger partial charge in [-0.3, -0.25) is 0 Å². The first-order valence-corrected chi connectivity index (χ1v) is 7.37. The Bertz CT molecular complexity index is 347. The fourth-order valence-corrected chi connectivity index (χ4v) is 2.65. The van der Waals surface area contributed by atoms with Crippen molar-refractivity contribution in [3.8, 4) is 0 Å². The van der Waals surface area contributed by atoms with E-state index in [4.69, 9.17) is 4.74 Å². The summed E-state index contributed by atoms with van der Waals surface area (Å²) in [5.41, 5.74) is 1.16. The Kier molecular flexibility index (Phi) is 5.83. The first-order chi connectivity index (χ1) is 9.24. The summed E-state index contributed by atoms with van der Waals surface area (Å²) in [6, 6.07) is 10.1. The van der Waals surface area contributed by atoms with Crippen molar-refractivity contribution in [1.29, 1.82) is 0 Å². The van der Waals surface area contributed by atoms with Gasteiger partial charge in [-0.05, 0) is 24.3 Å². The Morgan fingerprint density at radius 2 is 1.95 bits per heavy atom. The fraction of sp³-hybridized carbons (Fsp3) is 0.625. The highest BCUT2D eigenvalue weighted by Crippen LogP contribution is 2.06. The Balaban J connectivity index is 1.61. The lowest BCUT2D eigenvalue weighted by Gasteiger charge is -2.28. The molecule has 0 aliphatic carbocycles. The van der Waals surface area contributed by atoms with Gasteiger partial charge < -0.3 is 14.7 Å². The van der Waals surface area contributed by atoms with Crippen LogP contribution in [0, 0.1) is 5.92 Å². The molecule has 0 bridgehead atoms. The summed E-state index contributed by atoms with van der Waals surface area (Å²) in [6.07, 6.45) is 2.23. The predicted octanol–water partition coefficient (Wildman–Crippen LogP) is 0.879. The topological polar surface area (TPSA) is 33.9 Å². The molecule has 1 fully saturated rings. The van der Waals surface area contributed by atoms with Crippen molar-refractivity contribution >= 4 is 0 Å². The second-order valence-corrected chi connectivity index (χ2v) is 5.79. The molecule has 0 radical (unpaired) electrons. The number of benzene rings is 1. The van der Waals surface area contributed by atoms with Crippen molar-refractivity contribution < 1.29 is 14.7 Å². The minimum Gasteiger partial charge on any atom is -0.385 e. The van der Waals surface area contributed by atoms with Gasteiger partial charge in [-0.2, -0.15) is 0 Å². The van der Waals surface area contributed by atoms with Crippen LogP contribution in [-0.4, -0.2) is 37.5 Å². The van der Waals surface area contributed by atoms with E-state index in [-0.39, 0.29) is 6.10 Å². The lowest BCUT2D eigenvalue weighted by Crippen LogP contribution is -3.14. The number of rotatable bonds is 6. The average Bonchev–Trinajstić information content (AvgIpc) is 2.43.